The molecule has 1 N–H and O–H groups in total. The van der Waals surface area contributed by atoms with Gasteiger partial charge in [0.25, 0.3) is 0 Å². The van der Waals surface area contributed by atoms with Crippen molar-refractivity contribution >= 4 is 18.7 Å². The molecule has 0 spiro atoms. The number of imide groups is 1. The minimum atomic E-state index is -0.275. The van der Waals surface area contributed by atoms with Gasteiger partial charge in [-0.1, -0.05) is 0 Å². The number of amides is 3. The molecular weight excluding hydrogens is 148 g/mol. The Hall–Kier alpha value is -1.39. The third-order valence-electron chi connectivity index (χ3n) is 1.25. The second-order valence-electron chi connectivity index (χ2n) is 1.87. The van der Waals surface area contributed by atoms with E-state index in [2.05, 4.69) is 5.32 Å². The first-order chi connectivity index (χ1) is 5.24. The highest BCUT2D eigenvalue weighted by Crippen LogP contribution is 1.95. The number of rotatable bonds is 1. The Morgan fingerprint density at radius 2 is 2.09 bits per heavy atom. The van der Waals surface area contributed by atoms with E-state index in [9.17, 15) is 9.59 Å². The predicted molar refractivity (Wildman–Crippen MR) is 37.9 cm³/mol. The Bertz CT molecular complexity index is 169. The Kier molecular flexibility index (Phi) is 3.87. The van der Waals surface area contributed by atoms with Gasteiger partial charge >= 0.3 is 6.03 Å². The zero-order valence-electron chi connectivity index (χ0n) is 6.29. The van der Waals surface area contributed by atoms with Crippen LogP contribution in [0.5, 0.6) is 0 Å². The van der Waals surface area contributed by atoms with E-state index in [1.807, 2.05) is 13.7 Å². The molecule has 0 atom stereocenters. The second kappa shape index (κ2) is 4.43. The predicted octanol–water partition coefficient (Wildman–Crippen LogP) is -0.627. The molecular formula is C6H10N2O3. The van der Waals surface area contributed by atoms with Crippen molar-refractivity contribution in [1.29, 1.82) is 0 Å². The normalized spacial score (nSPS) is 15.5. The summed E-state index contributed by atoms with van der Waals surface area (Å²) in [4.78, 5) is 30.5. The average molecular weight is 158 g/mol. The van der Waals surface area contributed by atoms with E-state index in [1.165, 1.54) is 4.90 Å². The van der Waals surface area contributed by atoms with Crippen molar-refractivity contribution in [2.24, 2.45) is 0 Å². The van der Waals surface area contributed by atoms with E-state index in [-0.39, 0.29) is 18.5 Å². The number of urea groups is 1. The first-order valence-corrected chi connectivity index (χ1v) is 3.11. The van der Waals surface area contributed by atoms with Gasteiger partial charge in [-0.15, -0.1) is 0 Å². The van der Waals surface area contributed by atoms with Crippen LogP contribution < -0.4 is 5.32 Å². The molecule has 5 nitrogen and oxygen atoms in total. The fraction of sp³-hybridized carbons (Fsp3) is 0.500. The highest BCUT2D eigenvalue weighted by molar-refractivity contribution is 6.01. The van der Waals surface area contributed by atoms with E-state index in [4.69, 9.17) is 4.79 Å². The lowest BCUT2D eigenvalue weighted by atomic mass is 10.6. The van der Waals surface area contributed by atoms with Gasteiger partial charge in [-0.05, 0) is 6.92 Å². The van der Waals surface area contributed by atoms with Crippen LogP contribution in [0.1, 0.15) is 6.92 Å². The molecule has 0 radical (unpaired) electrons. The van der Waals surface area contributed by atoms with Crippen LogP contribution in [0, 0.1) is 0 Å². The lowest BCUT2D eigenvalue weighted by Gasteiger charge is -2.06. The van der Waals surface area contributed by atoms with Crippen molar-refractivity contribution in [1.82, 2.24) is 10.2 Å². The van der Waals surface area contributed by atoms with Crippen LogP contribution in [0.25, 0.3) is 0 Å². The summed E-state index contributed by atoms with van der Waals surface area (Å²) in [7, 11) is 0. The summed E-state index contributed by atoms with van der Waals surface area (Å²) in [6.07, 6.45) is 0. The third-order valence-corrected chi connectivity index (χ3v) is 1.25. The van der Waals surface area contributed by atoms with Crippen molar-refractivity contribution in [2.75, 3.05) is 13.1 Å². The Morgan fingerprint density at radius 3 is 2.27 bits per heavy atom. The van der Waals surface area contributed by atoms with Crippen LogP contribution in [0.4, 0.5) is 4.79 Å². The molecule has 1 saturated heterocycles. The van der Waals surface area contributed by atoms with E-state index in [0.29, 0.717) is 6.54 Å². The maximum atomic E-state index is 10.6. The molecule has 0 aromatic carbocycles. The van der Waals surface area contributed by atoms with Crippen molar-refractivity contribution in [3.63, 3.8) is 0 Å². The molecule has 1 rings (SSSR count). The molecule has 0 unspecified atom stereocenters. The van der Waals surface area contributed by atoms with Gasteiger partial charge in [-0.25, -0.2) is 4.79 Å². The second-order valence-corrected chi connectivity index (χ2v) is 1.87. The quantitative estimate of drug-likeness (QED) is 0.517. The average Bonchev–Trinajstić information content (AvgIpc) is 2.33. The number of hydrogen-bond donors (Lipinski definition) is 1. The molecule has 3 amide bonds. The van der Waals surface area contributed by atoms with Gasteiger partial charge in [0.05, 0.1) is 0 Å². The van der Waals surface area contributed by atoms with Gasteiger partial charge in [0.1, 0.15) is 13.3 Å². The molecule has 1 fully saturated rings. The van der Waals surface area contributed by atoms with Crippen LogP contribution in [0.15, 0.2) is 0 Å². The lowest BCUT2D eigenvalue weighted by molar-refractivity contribution is -0.118. The number of likely N-dealkylation sites (N-methyl/N-ethyl adjacent to an activating group) is 1. The van der Waals surface area contributed by atoms with E-state index < -0.39 is 0 Å². The first-order valence-electron chi connectivity index (χ1n) is 3.11. The number of nitrogens with one attached hydrogen (secondary N) is 1. The van der Waals surface area contributed by atoms with Gasteiger partial charge in [-0.2, -0.15) is 0 Å². The Labute approximate surface area is 64.4 Å². The summed E-state index contributed by atoms with van der Waals surface area (Å²) < 4.78 is 0. The van der Waals surface area contributed by atoms with Crippen LogP contribution >= 0.6 is 0 Å². The van der Waals surface area contributed by atoms with Crippen molar-refractivity contribution in [2.45, 2.75) is 6.92 Å². The van der Waals surface area contributed by atoms with Gasteiger partial charge in [0.2, 0.25) is 5.91 Å². The third kappa shape index (κ3) is 2.37. The summed E-state index contributed by atoms with van der Waals surface area (Å²) in [5.74, 6) is -0.207. The molecule has 11 heavy (non-hydrogen) atoms. The molecule has 1 aliphatic heterocycles. The summed E-state index contributed by atoms with van der Waals surface area (Å²) in [6.45, 7) is 4.64. The van der Waals surface area contributed by atoms with E-state index >= 15 is 0 Å². The molecule has 5 heteroatoms. The monoisotopic (exact) mass is 158 g/mol. The molecule has 0 saturated carbocycles. The van der Waals surface area contributed by atoms with E-state index in [0.717, 1.165) is 0 Å². The topological polar surface area (TPSA) is 66.5 Å². The molecule has 62 valence electrons. The van der Waals surface area contributed by atoms with Crippen LogP contribution in [0.3, 0.4) is 0 Å². The van der Waals surface area contributed by atoms with Gasteiger partial charge in [0, 0.05) is 6.54 Å². The maximum Gasteiger partial charge on any atom is 0.324 e. The Balaban J connectivity index is 0.000000461. The largest absolute Gasteiger partial charge is 0.324 e. The minimum Gasteiger partial charge on any atom is -0.315 e. The van der Waals surface area contributed by atoms with Crippen LogP contribution in [0.2, 0.25) is 0 Å². The van der Waals surface area contributed by atoms with Crippen LogP contribution in [-0.2, 0) is 9.59 Å². The van der Waals surface area contributed by atoms with E-state index in [1.54, 1.807) is 0 Å². The van der Waals surface area contributed by atoms with Gasteiger partial charge < -0.3 is 9.69 Å². The minimum absolute atomic E-state index is 0.207. The standard InChI is InChI=1S/C5H8N2O2.CH2O/c1-2-7-3-4(8)6-5(7)9;1-2/h2-3H2,1H3,(H,6,8,9);1H2. The highest BCUT2D eigenvalue weighted by atomic mass is 16.2. The summed E-state index contributed by atoms with van der Waals surface area (Å²) >= 11 is 0. The summed E-state index contributed by atoms with van der Waals surface area (Å²) in [5, 5.41) is 2.17. The smallest absolute Gasteiger partial charge is 0.315 e. The summed E-state index contributed by atoms with van der Waals surface area (Å²) in [5.41, 5.74) is 0. The lowest BCUT2D eigenvalue weighted by Crippen LogP contribution is -2.27. The molecule has 0 aromatic rings. The van der Waals surface area contributed by atoms with Gasteiger partial charge in [-0.3, -0.25) is 10.1 Å². The van der Waals surface area contributed by atoms with Crippen molar-refractivity contribution in [3.05, 3.63) is 0 Å². The molecule has 0 aliphatic carbocycles. The number of carbonyl (C=O) groups excluding carboxylic acids is 3. The number of carbonyl (C=O) groups is 3. The fourth-order valence-electron chi connectivity index (χ4n) is 0.738. The van der Waals surface area contributed by atoms with Crippen molar-refractivity contribution in [3.8, 4) is 0 Å². The number of nitrogens with zero attached hydrogens (tertiary/aromatic N) is 1. The SMILES string of the molecule is C=O.CCN1CC(=O)NC1=O. The highest BCUT2D eigenvalue weighted by Gasteiger charge is 2.24. The van der Waals surface area contributed by atoms with Gasteiger partial charge in [0.15, 0.2) is 0 Å². The van der Waals surface area contributed by atoms with Crippen molar-refractivity contribution < 1.29 is 14.4 Å². The zero-order valence-corrected chi connectivity index (χ0v) is 6.29. The number of hydrogen-bond acceptors (Lipinski definition) is 3. The fourth-order valence-corrected chi connectivity index (χ4v) is 0.738. The van der Waals surface area contributed by atoms with Crippen LogP contribution in [-0.4, -0.2) is 36.7 Å². The molecule has 0 aromatic heterocycles. The molecule has 0 bridgehead atoms. The summed E-state index contributed by atoms with van der Waals surface area (Å²) in [6, 6.07) is -0.275. The Morgan fingerprint density at radius 1 is 1.55 bits per heavy atom. The molecule has 1 aliphatic rings. The maximum absolute atomic E-state index is 10.6. The first kappa shape index (κ1) is 9.61. The molecule has 1 heterocycles. The zero-order chi connectivity index (χ0) is 8.85.